The highest BCUT2D eigenvalue weighted by atomic mass is 19.4. The van der Waals surface area contributed by atoms with Crippen molar-refractivity contribution in [2.45, 2.75) is 37.9 Å². The molecule has 0 aliphatic heterocycles. The summed E-state index contributed by atoms with van der Waals surface area (Å²) >= 11 is 0. The molecule has 32 heavy (non-hydrogen) atoms. The van der Waals surface area contributed by atoms with Gasteiger partial charge in [-0.3, -0.25) is 4.79 Å². The minimum absolute atomic E-state index is 0.0374. The van der Waals surface area contributed by atoms with Crippen molar-refractivity contribution in [1.82, 2.24) is 5.32 Å². The number of carbonyl (C=O) groups excluding carboxylic acids is 1. The molecule has 0 radical (unpaired) electrons. The first kappa shape index (κ1) is 23.4. The molecule has 1 atom stereocenters. The van der Waals surface area contributed by atoms with E-state index in [4.69, 9.17) is 0 Å². The Labute approximate surface area is 183 Å². The summed E-state index contributed by atoms with van der Waals surface area (Å²) in [5.74, 6) is -2.04. The highest BCUT2D eigenvalue weighted by Crippen LogP contribution is 2.38. The number of carbonyl (C=O) groups is 1. The first-order chi connectivity index (χ1) is 15.1. The van der Waals surface area contributed by atoms with Crippen molar-refractivity contribution in [1.29, 1.82) is 0 Å². The smallest absolute Gasteiger partial charge is 0.342 e. The van der Waals surface area contributed by atoms with E-state index in [2.05, 4.69) is 5.32 Å². The van der Waals surface area contributed by atoms with Crippen molar-refractivity contribution in [2.24, 2.45) is 0 Å². The van der Waals surface area contributed by atoms with Gasteiger partial charge in [0.25, 0.3) is 0 Å². The second kappa shape index (κ2) is 9.51. The van der Waals surface area contributed by atoms with Crippen molar-refractivity contribution < 1.29 is 26.7 Å². The fourth-order valence-electron chi connectivity index (χ4n) is 3.72. The van der Waals surface area contributed by atoms with E-state index in [9.17, 15) is 26.7 Å². The molecule has 168 valence electrons. The predicted molar refractivity (Wildman–Crippen MR) is 112 cm³/mol. The van der Waals surface area contributed by atoms with Gasteiger partial charge in [0.1, 0.15) is 11.6 Å². The average molecular weight is 447 g/mol. The van der Waals surface area contributed by atoms with E-state index in [0.29, 0.717) is 23.6 Å². The minimum Gasteiger partial charge on any atom is -0.342 e. The van der Waals surface area contributed by atoms with Crippen LogP contribution in [-0.2, 0) is 22.9 Å². The quantitative estimate of drug-likeness (QED) is 0.418. The maximum absolute atomic E-state index is 14.4. The summed E-state index contributed by atoms with van der Waals surface area (Å²) in [5, 5.41) is 2.84. The predicted octanol–water partition coefficient (Wildman–Crippen LogP) is 6.39. The molecule has 0 unspecified atom stereocenters. The van der Waals surface area contributed by atoms with Crippen molar-refractivity contribution >= 4 is 5.91 Å². The highest BCUT2D eigenvalue weighted by molar-refractivity contribution is 5.78. The molecule has 0 saturated heterocycles. The second-order valence-electron chi connectivity index (χ2n) is 7.60. The molecule has 0 bridgehead atoms. The number of hydrogen-bond donors (Lipinski definition) is 1. The van der Waals surface area contributed by atoms with Gasteiger partial charge in [-0.25, -0.2) is 8.78 Å². The topological polar surface area (TPSA) is 29.1 Å². The first-order valence-electron chi connectivity index (χ1n) is 10.1. The normalized spacial score (nSPS) is 13.4. The van der Waals surface area contributed by atoms with E-state index in [1.807, 2.05) is 0 Å². The van der Waals surface area contributed by atoms with E-state index >= 15 is 0 Å². The Bertz CT molecular complexity index is 1060. The number of alkyl halides is 3. The van der Waals surface area contributed by atoms with Gasteiger partial charge in [-0.2, -0.15) is 13.2 Å². The molecular weight excluding hydrogens is 425 g/mol. The standard InChI is InChI=1S/C25H22F5NO/c1-2-6-23(32)31-24(16-17-7-4-3-5-8-17,18-9-11-21(26)12-10-18)19-13-20(25(28,29)30)15-22(27)14-19/h3-5,7-15H,2,6,16H2,1H3,(H,31,32)/t24-/m1/s1. The molecule has 0 spiro atoms. The lowest BCUT2D eigenvalue weighted by Gasteiger charge is -2.37. The van der Waals surface area contributed by atoms with Crippen molar-refractivity contribution in [3.8, 4) is 0 Å². The Balaban J connectivity index is 2.30. The molecule has 0 heterocycles. The van der Waals surface area contributed by atoms with Crippen LogP contribution in [0.4, 0.5) is 22.0 Å². The summed E-state index contributed by atoms with van der Waals surface area (Å²) in [6.45, 7) is 1.79. The molecular formula is C25H22F5NO. The van der Waals surface area contributed by atoms with Crippen LogP contribution >= 0.6 is 0 Å². The fourth-order valence-corrected chi connectivity index (χ4v) is 3.72. The number of benzene rings is 3. The molecule has 3 aromatic rings. The molecule has 1 amide bonds. The Kier molecular flexibility index (Phi) is 6.96. The van der Waals surface area contributed by atoms with Crippen LogP contribution < -0.4 is 5.32 Å². The number of amides is 1. The number of rotatable bonds is 7. The zero-order valence-corrected chi connectivity index (χ0v) is 17.3. The van der Waals surface area contributed by atoms with Gasteiger partial charge < -0.3 is 5.32 Å². The van der Waals surface area contributed by atoms with E-state index in [1.54, 1.807) is 37.3 Å². The summed E-state index contributed by atoms with van der Waals surface area (Å²) in [6.07, 6.45) is -4.12. The third-order valence-corrected chi connectivity index (χ3v) is 5.20. The SMILES string of the molecule is CCCC(=O)N[C@](Cc1ccccc1)(c1ccc(F)cc1)c1cc(F)cc(C(F)(F)F)c1. The van der Waals surface area contributed by atoms with E-state index in [1.165, 1.54) is 12.1 Å². The lowest BCUT2D eigenvalue weighted by Crippen LogP contribution is -2.48. The van der Waals surface area contributed by atoms with Crippen LogP contribution in [0.5, 0.6) is 0 Å². The lowest BCUT2D eigenvalue weighted by atomic mass is 9.77. The maximum atomic E-state index is 14.4. The van der Waals surface area contributed by atoms with Gasteiger partial charge >= 0.3 is 6.18 Å². The van der Waals surface area contributed by atoms with Crippen LogP contribution in [0.15, 0.2) is 72.8 Å². The minimum atomic E-state index is -4.79. The van der Waals surface area contributed by atoms with E-state index in [0.717, 1.165) is 24.3 Å². The highest BCUT2D eigenvalue weighted by Gasteiger charge is 2.39. The molecule has 2 nitrogen and oxygen atoms in total. The van der Waals surface area contributed by atoms with E-state index < -0.39 is 34.8 Å². The first-order valence-corrected chi connectivity index (χ1v) is 10.1. The van der Waals surface area contributed by atoms with Gasteiger partial charge in [0.2, 0.25) is 5.91 Å². The third kappa shape index (κ3) is 5.33. The summed E-state index contributed by atoms with van der Waals surface area (Å²) in [7, 11) is 0. The van der Waals surface area contributed by atoms with Crippen LogP contribution in [0.1, 0.15) is 42.0 Å². The zero-order chi connectivity index (χ0) is 23.4. The Morgan fingerprint density at radius 3 is 2.03 bits per heavy atom. The molecule has 0 saturated carbocycles. The molecule has 0 aliphatic carbocycles. The maximum Gasteiger partial charge on any atom is 0.416 e. The van der Waals surface area contributed by atoms with Gasteiger partial charge in [0, 0.05) is 12.8 Å². The molecule has 3 rings (SSSR count). The Morgan fingerprint density at radius 2 is 1.44 bits per heavy atom. The van der Waals surface area contributed by atoms with Gasteiger partial charge in [-0.05, 0) is 53.4 Å². The van der Waals surface area contributed by atoms with Gasteiger partial charge in [0.15, 0.2) is 0 Å². The third-order valence-electron chi connectivity index (χ3n) is 5.20. The van der Waals surface area contributed by atoms with Crippen molar-refractivity contribution in [3.63, 3.8) is 0 Å². The number of halogens is 5. The van der Waals surface area contributed by atoms with Crippen LogP contribution in [0, 0.1) is 11.6 Å². The molecule has 0 aromatic heterocycles. The lowest BCUT2D eigenvalue weighted by molar-refractivity contribution is -0.137. The largest absolute Gasteiger partial charge is 0.416 e. The number of hydrogen-bond acceptors (Lipinski definition) is 1. The molecule has 1 N–H and O–H groups in total. The zero-order valence-electron chi connectivity index (χ0n) is 17.3. The van der Waals surface area contributed by atoms with Crippen LogP contribution in [0.25, 0.3) is 0 Å². The second-order valence-corrected chi connectivity index (χ2v) is 7.60. The van der Waals surface area contributed by atoms with Gasteiger partial charge in [0.05, 0.1) is 11.1 Å². The van der Waals surface area contributed by atoms with Gasteiger partial charge in [-0.15, -0.1) is 0 Å². The van der Waals surface area contributed by atoms with Crippen LogP contribution in [0.3, 0.4) is 0 Å². The average Bonchev–Trinajstić information content (AvgIpc) is 2.73. The summed E-state index contributed by atoms with van der Waals surface area (Å²) in [5.41, 5.74) is -1.76. The van der Waals surface area contributed by atoms with E-state index in [-0.39, 0.29) is 18.4 Å². The summed E-state index contributed by atoms with van der Waals surface area (Å²) in [4.78, 5) is 12.7. The summed E-state index contributed by atoms with van der Waals surface area (Å²) in [6, 6.07) is 16.1. The Hall–Kier alpha value is -3.22. The molecule has 7 heteroatoms. The fraction of sp³-hybridized carbons (Fsp3) is 0.240. The van der Waals surface area contributed by atoms with Crippen molar-refractivity contribution in [2.75, 3.05) is 0 Å². The van der Waals surface area contributed by atoms with Crippen LogP contribution in [-0.4, -0.2) is 5.91 Å². The molecule has 0 aliphatic rings. The summed E-state index contributed by atoms with van der Waals surface area (Å²) < 4.78 is 68.6. The number of nitrogens with one attached hydrogen (secondary N) is 1. The van der Waals surface area contributed by atoms with Crippen molar-refractivity contribution in [3.05, 3.63) is 107 Å². The monoisotopic (exact) mass is 447 g/mol. The molecule has 3 aromatic carbocycles. The molecule has 0 fully saturated rings. The Morgan fingerprint density at radius 1 is 0.812 bits per heavy atom. The van der Waals surface area contributed by atoms with Crippen LogP contribution in [0.2, 0.25) is 0 Å². The van der Waals surface area contributed by atoms with Gasteiger partial charge in [-0.1, -0.05) is 49.4 Å².